The second-order valence-electron chi connectivity index (χ2n) is 23.7. The minimum Gasteiger partial charge on any atom is -0.457 e. The highest BCUT2D eigenvalue weighted by Gasteiger charge is 2.33. The molecule has 3 aliphatic heterocycles. The van der Waals surface area contributed by atoms with E-state index in [1.54, 1.807) is 56.3 Å². The molecule has 6 aromatic carbocycles. The molecule has 0 unspecified atom stereocenters. The second-order valence-corrected chi connectivity index (χ2v) is 23.7. The van der Waals surface area contributed by atoms with Gasteiger partial charge >= 0.3 is 5.69 Å². The largest absolute Gasteiger partial charge is 0.457 e. The third-order valence-corrected chi connectivity index (χ3v) is 17.3. The number of nitrogen functional groups attached to an aromatic ring is 3. The highest BCUT2D eigenvalue weighted by atomic mass is 16.5. The molecular formula is C75H73N17O7. The Labute approximate surface area is 570 Å². The predicted molar refractivity (Wildman–Crippen MR) is 381 cm³/mol. The van der Waals surface area contributed by atoms with Gasteiger partial charge < -0.3 is 51.8 Å². The number of carbonyl (C=O) groups excluding carboxylic acids is 3. The van der Waals surface area contributed by atoms with Gasteiger partial charge in [0.2, 0.25) is 5.91 Å². The van der Waals surface area contributed by atoms with Crippen LogP contribution in [0, 0.1) is 11.8 Å². The molecule has 11 aromatic rings. The van der Waals surface area contributed by atoms with E-state index < -0.39 is 5.91 Å². The van der Waals surface area contributed by atoms with Crippen LogP contribution in [0.2, 0.25) is 0 Å². The van der Waals surface area contributed by atoms with Crippen LogP contribution >= 0.6 is 0 Å². The van der Waals surface area contributed by atoms with Gasteiger partial charge in [-0.05, 0) is 166 Å². The molecule has 0 radical (unpaired) electrons. The van der Waals surface area contributed by atoms with E-state index in [1.165, 1.54) is 23.3 Å². The minimum absolute atomic E-state index is 0.00566. The van der Waals surface area contributed by atoms with E-state index in [0.29, 0.717) is 95.7 Å². The number of nitrogens with two attached hydrogens (primary N) is 4. The molecule has 3 amide bonds. The summed E-state index contributed by atoms with van der Waals surface area (Å²) < 4.78 is 24.3. The highest BCUT2D eigenvalue weighted by Crippen LogP contribution is 2.38. The zero-order valence-electron chi connectivity index (χ0n) is 54.5. The van der Waals surface area contributed by atoms with Gasteiger partial charge in [-0.3, -0.25) is 23.5 Å². The molecule has 24 heteroatoms. The third-order valence-electron chi connectivity index (χ3n) is 17.3. The summed E-state index contributed by atoms with van der Waals surface area (Å²) in [7, 11) is 0. The number of piperidine rings is 2. The number of hydrogen-bond acceptors (Lipinski definition) is 17. The van der Waals surface area contributed by atoms with Crippen LogP contribution < -0.4 is 42.8 Å². The van der Waals surface area contributed by atoms with Crippen molar-refractivity contribution in [2.75, 3.05) is 56.5 Å². The van der Waals surface area contributed by atoms with Crippen LogP contribution in [0.5, 0.6) is 34.5 Å². The first-order valence-corrected chi connectivity index (χ1v) is 32.3. The summed E-state index contributed by atoms with van der Waals surface area (Å²) >= 11 is 0. The maximum atomic E-state index is 13.6. The lowest BCUT2D eigenvalue weighted by Crippen LogP contribution is -2.40. The molecule has 500 valence electrons. The summed E-state index contributed by atoms with van der Waals surface area (Å²) in [5.41, 5.74) is 30.3. The number of ether oxygens (including phenoxy) is 3. The lowest BCUT2D eigenvalue weighted by molar-refractivity contribution is -0.127. The van der Waals surface area contributed by atoms with Crippen molar-refractivity contribution in [2.24, 2.45) is 5.73 Å². The number of amides is 3. The normalized spacial score (nSPS) is 15.7. The van der Waals surface area contributed by atoms with Gasteiger partial charge in [-0.25, -0.2) is 34.1 Å². The number of anilines is 3. The van der Waals surface area contributed by atoms with Crippen LogP contribution in [-0.2, 0) is 9.59 Å². The molecule has 3 aliphatic rings. The van der Waals surface area contributed by atoms with Gasteiger partial charge in [-0.15, -0.1) is 0 Å². The summed E-state index contributed by atoms with van der Waals surface area (Å²) in [4.78, 5) is 73.1. The molecular weight excluding hydrogens is 1250 g/mol. The van der Waals surface area contributed by atoms with Crippen LogP contribution in [0.25, 0.3) is 50.4 Å². The smallest absolute Gasteiger partial charge is 0.335 e. The van der Waals surface area contributed by atoms with Crippen LogP contribution in [-0.4, -0.2) is 120 Å². The quantitative estimate of drug-likeness (QED) is 0.0397. The average Bonchev–Trinajstić information content (AvgIpc) is 1.60. The van der Waals surface area contributed by atoms with Gasteiger partial charge in [0.1, 0.15) is 81.3 Å². The van der Waals surface area contributed by atoms with Gasteiger partial charge in [-0.2, -0.15) is 10.2 Å². The summed E-state index contributed by atoms with van der Waals surface area (Å²) in [6.07, 6.45) is 10.1. The minimum atomic E-state index is -0.600. The Hall–Kier alpha value is -12.8. The second kappa shape index (κ2) is 29.9. The Morgan fingerprint density at radius 2 is 1.03 bits per heavy atom. The van der Waals surface area contributed by atoms with E-state index in [0.717, 1.165) is 72.1 Å². The van der Waals surface area contributed by atoms with Crippen LogP contribution in [0.1, 0.15) is 67.5 Å². The van der Waals surface area contributed by atoms with E-state index in [2.05, 4.69) is 56.4 Å². The fourth-order valence-corrected chi connectivity index (χ4v) is 12.5. The number of likely N-dealkylation sites (tertiary alicyclic amines) is 3. The maximum absolute atomic E-state index is 13.6. The molecule has 0 bridgehead atoms. The van der Waals surface area contributed by atoms with Crippen molar-refractivity contribution in [3.05, 3.63) is 230 Å². The lowest BCUT2D eigenvalue weighted by Gasteiger charge is -2.35. The number of para-hydroxylation sites is 3. The van der Waals surface area contributed by atoms with Crippen molar-refractivity contribution in [3.8, 4) is 74.5 Å². The SMILES string of the molecule is C=CC(=C)N1CCC[C@@H](n2nc(-c3ccc(Oc4ccccc4)cc3)c(C(N)=O)c2N)C1.C=CC(=O)N1CCC[C@@H](n2nc(-c3ccc(Oc4ccccc4)cc3)c3c(N)ncnc32)C1.CC#CC(=O)N1CC[C@@H](n2c(=O)n(-c3ccc(Oc4ccccc4)cc3)c3c(N)ncnc32)C1. The van der Waals surface area contributed by atoms with E-state index in [1.807, 2.05) is 144 Å². The zero-order valence-corrected chi connectivity index (χ0v) is 54.5. The fraction of sp³-hybridized carbons (Fsp3) is 0.200. The van der Waals surface area contributed by atoms with Crippen molar-refractivity contribution in [1.29, 1.82) is 0 Å². The number of rotatable bonds is 16. The topological polar surface area (TPSA) is 307 Å². The molecule has 99 heavy (non-hydrogen) atoms. The first kappa shape index (κ1) is 66.2. The van der Waals surface area contributed by atoms with Crippen molar-refractivity contribution in [1.82, 2.24) is 63.3 Å². The molecule has 8 N–H and O–H groups in total. The zero-order chi connectivity index (χ0) is 69.1. The highest BCUT2D eigenvalue weighted by molar-refractivity contribution is 6.03. The first-order chi connectivity index (χ1) is 48.2. The average molecular weight is 1320 g/mol. The van der Waals surface area contributed by atoms with E-state index in [4.69, 9.17) is 47.3 Å². The number of fused-ring (bicyclic) bond motifs is 2. The third kappa shape index (κ3) is 14.6. The van der Waals surface area contributed by atoms with Gasteiger partial charge in [-0.1, -0.05) is 80.3 Å². The maximum Gasteiger partial charge on any atom is 0.335 e. The summed E-state index contributed by atoms with van der Waals surface area (Å²) in [5, 5.41) is 10.3. The number of hydrogen-bond donors (Lipinski definition) is 4. The number of primary amides is 1. The van der Waals surface area contributed by atoms with Crippen LogP contribution in [0.15, 0.2) is 219 Å². The Balaban J connectivity index is 0.000000141. The Morgan fingerprint density at radius 3 is 1.58 bits per heavy atom. The van der Waals surface area contributed by atoms with E-state index in [9.17, 15) is 19.2 Å². The Morgan fingerprint density at radius 1 is 0.545 bits per heavy atom. The predicted octanol–water partition coefficient (Wildman–Crippen LogP) is 11.3. The summed E-state index contributed by atoms with van der Waals surface area (Å²) in [5.74, 6) is 9.42. The lowest BCUT2D eigenvalue weighted by atomic mass is 10.0. The number of nitrogens with zero attached hydrogens (tertiary/aromatic N) is 13. The molecule has 5 aromatic heterocycles. The van der Waals surface area contributed by atoms with E-state index in [-0.39, 0.29) is 52.8 Å². The Kier molecular flexibility index (Phi) is 20.0. The molecule has 3 atom stereocenters. The van der Waals surface area contributed by atoms with Crippen molar-refractivity contribution < 1.29 is 28.6 Å². The van der Waals surface area contributed by atoms with Crippen LogP contribution in [0.4, 0.5) is 17.5 Å². The number of carbonyl (C=O) groups is 3. The fourth-order valence-electron chi connectivity index (χ4n) is 12.5. The number of imidazole rings is 1. The summed E-state index contributed by atoms with van der Waals surface area (Å²) in [6, 6.07) is 50.6. The Bertz CT molecular complexity index is 4890. The van der Waals surface area contributed by atoms with Gasteiger partial charge in [0, 0.05) is 56.1 Å². The number of benzene rings is 6. The van der Waals surface area contributed by atoms with Crippen molar-refractivity contribution in [2.45, 2.75) is 57.2 Å². The van der Waals surface area contributed by atoms with Gasteiger partial charge in [0.05, 0.1) is 29.2 Å². The molecule has 8 heterocycles. The number of aromatic nitrogens is 10. The standard InChI is InChI=1S/C25H22N6O3.C25H24N6O2.C25H27N5O2/c1-2-6-21(32)29-14-13-18(15-29)31-24-22(23(26)27-16-28-24)30(25(31)33)17-9-11-20(12-10-17)34-19-7-4-3-5-8-19;1-2-21(32)30-14-6-7-18(15-30)31-25-22(24(26)27-16-28-25)23(29-31)17-10-12-20(13-11-17)33-19-8-4-3-5-9-19;1-3-17(2)29-15-7-8-19(16-29)30-24(26)22(25(27)31)23(28-30)18-11-13-21(14-12-18)32-20-9-5-4-6-10-20/h3-5,7-12,16,18H,13-15H2,1H3,(H2,26,27,28);2-5,8-13,16,18H,1,6-7,14-15H2,(H2,26,27,28);3-6,9-14,19H,1-2,7-8,15-16,26H2,(H2,27,31)/t2*18-;19-/m111/s1. The van der Waals surface area contributed by atoms with Gasteiger partial charge in [0.15, 0.2) is 17.1 Å². The van der Waals surface area contributed by atoms with Crippen molar-refractivity contribution >= 4 is 57.4 Å². The number of allylic oxidation sites excluding steroid dienone is 1. The molecule has 3 saturated heterocycles. The molecule has 0 spiro atoms. The monoisotopic (exact) mass is 1320 g/mol. The van der Waals surface area contributed by atoms with Crippen molar-refractivity contribution in [3.63, 3.8) is 0 Å². The van der Waals surface area contributed by atoms with E-state index >= 15 is 0 Å². The molecule has 3 fully saturated rings. The summed E-state index contributed by atoms with van der Waals surface area (Å²) in [6.45, 7) is 16.8. The molecule has 14 rings (SSSR count). The first-order valence-electron chi connectivity index (χ1n) is 32.3. The molecule has 24 nitrogen and oxygen atoms in total. The molecule has 0 saturated carbocycles. The van der Waals surface area contributed by atoms with Gasteiger partial charge in [0.25, 0.3) is 11.8 Å². The van der Waals surface area contributed by atoms with Crippen LogP contribution in [0.3, 0.4) is 0 Å². The molecule has 0 aliphatic carbocycles.